The maximum atomic E-state index is 11.7. The van der Waals surface area contributed by atoms with Crippen LogP contribution in [0.3, 0.4) is 0 Å². The van der Waals surface area contributed by atoms with Crippen molar-refractivity contribution in [2.45, 2.75) is 0 Å². The molecule has 0 spiro atoms. The average molecular weight is 327 g/mol. The summed E-state index contributed by atoms with van der Waals surface area (Å²) in [5.74, 6) is 0.462. The number of carbonyl (C=O) groups excluding carboxylic acids is 1. The third-order valence-corrected chi connectivity index (χ3v) is 2.98. The van der Waals surface area contributed by atoms with E-state index in [1.54, 1.807) is 42.6 Å². The van der Waals surface area contributed by atoms with E-state index in [4.69, 9.17) is 11.6 Å². The van der Waals surface area contributed by atoms with Crippen molar-refractivity contribution < 1.29 is 4.79 Å². The number of anilines is 2. The third kappa shape index (κ3) is 3.45. The number of urea groups is 1. The Morgan fingerprint density at radius 1 is 1.17 bits per heavy atom. The summed E-state index contributed by atoms with van der Waals surface area (Å²) in [7, 11) is 0. The fourth-order valence-electron chi connectivity index (χ4n) is 1.28. The average Bonchev–Trinajstić information content (AvgIpc) is 2.35. The molecule has 0 saturated heterocycles. The molecule has 2 rings (SSSR count). The van der Waals surface area contributed by atoms with E-state index in [0.29, 0.717) is 16.5 Å². The molecule has 2 amide bonds. The minimum atomic E-state index is -0.364. The van der Waals surface area contributed by atoms with Gasteiger partial charge in [0.1, 0.15) is 5.82 Å². The summed E-state index contributed by atoms with van der Waals surface area (Å²) in [5, 5.41) is 5.93. The van der Waals surface area contributed by atoms with E-state index in [1.807, 2.05) is 0 Å². The SMILES string of the molecule is O=C(Nc1ccc(Cl)cc1)Nc1ncccc1Br. The lowest BCUT2D eigenvalue weighted by Gasteiger charge is -2.08. The number of benzene rings is 1. The molecular weight excluding hydrogens is 318 g/mol. The highest BCUT2D eigenvalue weighted by atomic mass is 79.9. The molecule has 0 saturated carbocycles. The lowest BCUT2D eigenvalue weighted by atomic mass is 10.3. The van der Waals surface area contributed by atoms with Crippen molar-refractivity contribution >= 4 is 45.1 Å². The highest BCUT2D eigenvalue weighted by Gasteiger charge is 2.05. The molecule has 2 aromatic rings. The van der Waals surface area contributed by atoms with Crippen LogP contribution in [0.5, 0.6) is 0 Å². The van der Waals surface area contributed by atoms with E-state index >= 15 is 0 Å². The number of carbonyl (C=O) groups is 1. The third-order valence-electron chi connectivity index (χ3n) is 2.09. The van der Waals surface area contributed by atoms with Gasteiger partial charge in [-0.05, 0) is 52.3 Å². The van der Waals surface area contributed by atoms with E-state index in [-0.39, 0.29) is 6.03 Å². The summed E-state index contributed by atoms with van der Waals surface area (Å²) < 4.78 is 0.719. The van der Waals surface area contributed by atoms with Crippen LogP contribution >= 0.6 is 27.5 Å². The van der Waals surface area contributed by atoms with E-state index in [1.165, 1.54) is 0 Å². The summed E-state index contributed by atoms with van der Waals surface area (Å²) in [6, 6.07) is 10.0. The van der Waals surface area contributed by atoms with Crippen molar-refractivity contribution in [2.75, 3.05) is 10.6 Å². The first-order chi connectivity index (χ1) is 8.65. The number of halogens is 2. The number of hydrogen-bond donors (Lipinski definition) is 2. The smallest absolute Gasteiger partial charge is 0.308 e. The number of amides is 2. The standard InChI is InChI=1S/C12H9BrClN3O/c13-10-2-1-7-15-11(10)17-12(18)16-9-5-3-8(14)4-6-9/h1-7H,(H2,15,16,17,18). The first-order valence-electron chi connectivity index (χ1n) is 5.09. The summed E-state index contributed by atoms with van der Waals surface area (Å²) in [4.78, 5) is 15.7. The molecule has 1 aromatic heterocycles. The highest BCUT2D eigenvalue weighted by molar-refractivity contribution is 9.10. The second kappa shape index (κ2) is 5.84. The second-order valence-electron chi connectivity index (χ2n) is 3.42. The Bertz CT molecular complexity index is 560. The van der Waals surface area contributed by atoms with E-state index in [2.05, 4.69) is 31.5 Å². The number of rotatable bonds is 2. The molecule has 1 heterocycles. The molecule has 0 unspecified atom stereocenters. The molecule has 0 bridgehead atoms. The quantitative estimate of drug-likeness (QED) is 0.871. The molecule has 92 valence electrons. The van der Waals surface area contributed by atoms with Gasteiger partial charge in [0.25, 0.3) is 0 Å². The van der Waals surface area contributed by atoms with Crippen molar-refractivity contribution in [3.63, 3.8) is 0 Å². The van der Waals surface area contributed by atoms with Gasteiger partial charge in [-0.25, -0.2) is 9.78 Å². The largest absolute Gasteiger partial charge is 0.324 e. The molecule has 0 fully saturated rings. The van der Waals surface area contributed by atoms with Crippen LogP contribution < -0.4 is 10.6 Å². The molecular formula is C12H9BrClN3O. The van der Waals surface area contributed by atoms with Crippen LogP contribution in [0.15, 0.2) is 47.1 Å². The maximum Gasteiger partial charge on any atom is 0.324 e. The zero-order valence-electron chi connectivity index (χ0n) is 9.15. The van der Waals surface area contributed by atoms with Crippen molar-refractivity contribution in [1.29, 1.82) is 0 Å². The Morgan fingerprint density at radius 3 is 2.56 bits per heavy atom. The van der Waals surface area contributed by atoms with Gasteiger partial charge in [-0.1, -0.05) is 11.6 Å². The van der Waals surface area contributed by atoms with Crippen LogP contribution in [0.1, 0.15) is 0 Å². The van der Waals surface area contributed by atoms with Gasteiger partial charge in [0.2, 0.25) is 0 Å². The summed E-state index contributed by atoms with van der Waals surface area (Å²) in [6.45, 7) is 0. The fraction of sp³-hybridized carbons (Fsp3) is 0. The molecule has 4 nitrogen and oxygen atoms in total. The Kier molecular flexibility index (Phi) is 4.17. The van der Waals surface area contributed by atoms with Gasteiger partial charge in [0, 0.05) is 16.9 Å². The van der Waals surface area contributed by atoms with Gasteiger partial charge >= 0.3 is 6.03 Å². The van der Waals surface area contributed by atoms with Crippen LogP contribution in [0, 0.1) is 0 Å². The molecule has 0 atom stereocenters. The second-order valence-corrected chi connectivity index (χ2v) is 4.71. The zero-order chi connectivity index (χ0) is 13.0. The normalized spacial score (nSPS) is 9.89. The molecule has 2 N–H and O–H groups in total. The lowest BCUT2D eigenvalue weighted by Crippen LogP contribution is -2.20. The van der Waals surface area contributed by atoms with E-state index in [0.717, 1.165) is 4.47 Å². The number of aromatic nitrogens is 1. The lowest BCUT2D eigenvalue weighted by molar-refractivity contribution is 0.262. The number of nitrogens with one attached hydrogen (secondary N) is 2. The monoisotopic (exact) mass is 325 g/mol. The van der Waals surface area contributed by atoms with Gasteiger partial charge in [-0.15, -0.1) is 0 Å². The van der Waals surface area contributed by atoms with Crippen molar-refractivity contribution in [3.8, 4) is 0 Å². The Balaban J connectivity index is 2.01. The first-order valence-corrected chi connectivity index (χ1v) is 6.26. The minimum absolute atomic E-state index is 0.364. The number of pyridine rings is 1. The first kappa shape index (κ1) is 12.9. The van der Waals surface area contributed by atoms with Gasteiger partial charge in [-0.2, -0.15) is 0 Å². The predicted octanol–water partition coefficient (Wildman–Crippen LogP) is 4.14. The van der Waals surface area contributed by atoms with Crippen LogP contribution in [0.2, 0.25) is 5.02 Å². The molecule has 0 radical (unpaired) electrons. The molecule has 0 aliphatic rings. The van der Waals surface area contributed by atoms with Crippen molar-refractivity contribution in [3.05, 3.63) is 52.1 Å². The van der Waals surface area contributed by atoms with Gasteiger partial charge in [0.05, 0.1) is 4.47 Å². The molecule has 6 heteroatoms. The molecule has 1 aromatic carbocycles. The summed E-state index contributed by atoms with van der Waals surface area (Å²) >= 11 is 9.05. The van der Waals surface area contributed by atoms with Crippen LogP contribution in [-0.2, 0) is 0 Å². The van der Waals surface area contributed by atoms with Crippen LogP contribution in [0.4, 0.5) is 16.3 Å². The Hall–Kier alpha value is -1.59. The number of nitrogens with zero attached hydrogens (tertiary/aromatic N) is 1. The number of hydrogen-bond acceptors (Lipinski definition) is 2. The van der Waals surface area contributed by atoms with E-state index in [9.17, 15) is 4.79 Å². The van der Waals surface area contributed by atoms with Gasteiger partial charge in [0.15, 0.2) is 0 Å². The molecule has 18 heavy (non-hydrogen) atoms. The zero-order valence-corrected chi connectivity index (χ0v) is 11.5. The van der Waals surface area contributed by atoms with Crippen LogP contribution in [-0.4, -0.2) is 11.0 Å². The highest BCUT2D eigenvalue weighted by Crippen LogP contribution is 2.19. The topological polar surface area (TPSA) is 54.0 Å². The Labute approximate surface area is 118 Å². The maximum absolute atomic E-state index is 11.7. The fourth-order valence-corrected chi connectivity index (χ4v) is 1.76. The van der Waals surface area contributed by atoms with E-state index < -0.39 is 0 Å². The predicted molar refractivity (Wildman–Crippen MR) is 76.0 cm³/mol. The Morgan fingerprint density at radius 2 is 1.89 bits per heavy atom. The molecule has 0 aliphatic carbocycles. The summed E-state index contributed by atoms with van der Waals surface area (Å²) in [6.07, 6.45) is 1.60. The van der Waals surface area contributed by atoms with Crippen molar-refractivity contribution in [2.24, 2.45) is 0 Å². The van der Waals surface area contributed by atoms with Gasteiger partial charge in [-0.3, -0.25) is 5.32 Å². The van der Waals surface area contributed by atoms with Gasteiger partial charge < -0.3 is 5.32 Å². The molecule has 0 aliphatic heterocycles. The van der Waals surface area contributed by atoms with Crippen molar-refractivity contribution in [1.82, 2.24) is 4.98 Å². The summed E-state index contributed by atoms with van der Waals surface area (Å²) in [5.41, 5.74) is 0.656. The minimum Gasteiger partial charge on any atom is -0.308 e. The van der Waals surface area contributed by atoms with Crippen LogP contribution in [0.25, 0.3) is 0 Å².